The Kier molecular flexibility index (Phi) is 3.54. The van der Waals surface area contributed by atoms with Crippen LogP contribution in [0.4, 0.5) is 5.69 Å². The average Bonchev–Trinajstić information content (AvgIpc) is 2.85. The number of rotatable bonds is 4. The topological polar surface area (TPSA) is 83.0 Å². The van der Waals surface area contributed by atoms with Gasteiger partial charge in [0.15, 0.2) is 0 Å². The van der Waals surface area contributed by atoms with Crippen molar-refractivity contribution in [1.82, 2.24) is 0 Å². The van der Waals surface area contributed by atoms with E-state index in [0.29, 0.717) is 17.2 Å². The third-order valence-electron chi connectivity index (χ3n) is 2.29. The zero-order valence-corrected chi connectivity index (χ0v) is 9.41. The molecule has 0 saturated heterocycles. The molecule has 0 amide bonds. The number of furan rings is 1. The van der Waals surface area contributed by atoms with Gasteiger partial charge in [-0.3, -0.25) is 4.99 Å². The van der Waals surface area contributed by atoms with Crippen LogP contribution in [0.1, 0.15) is 21.9 Å². The van der Waals surface area contributed by atoms with Crippen molar-refractivity contribution >= 4 is 17.9 Å². The van der Waals surface area contributed by atoms with Crippen LogP contribution in [0.3, 0.4) is 0 Å². The highest BCUT2D eigenvalue weighted by atomic mass is 16.4. The summed E-state index contributed by atoms with van der Waals surface area (Å²) in [7, 11) is 0. The van der Waals surface area contributed by atoms with Crippen molar-refractivity contribution in [3.63, 3.8) is 0 Å². The summed E-state index contributed by atoms with van der Waals surface area (Å²) >= 11 is 0. The van der Waals surface area contributed by atoms with Crippen LogP contribution in [0.5, 0.6) is 0 Å². The molecule has 0 aliphatic heterocycles. The predicted molar refractivity (Wildman–Crippen MR) is 65.3 cm³/mol. The number of nitrogens with zero attached hydrogens (tertiary/aromatic N) is 1. The summed E-state index contributed by atoms with van der Waals surface area (Å²) in [6, 6.07) is 9.54. The summed E-state index contributed by atoms with van der Waals surface area (Å²) in [5.41, 5.74) is 0.844. The van der Waals surface area contributed by atoms with Gasteiger partial charge < -0.3 is 14.6 Å². The van der Waals surface area contributed by atoms with Crippen LogP contribution in [0.2, 0.25) is 0 Å². The largest absolute Gasteiger partial charge is 0.478 e. The van der Waals surface area contributed by atoms with Crippen LogP contribution in [0, 0.1) is 0 Å². The molecule has 0 atom stereocenters. The fourth-order valence-corrected chi connectivity index (χ4v) is 1.38. The quantitative estimate of drug-likeness (QED) is 0.809. The van der Waals surface area contributed by atoms with Crippen LogP contribution >= 0.6 is 0 Å². The average molecular weight is 245 g/mol. The van der Waals surface area contributed by atoms with E-state index < -0.39 is 5.97 Å². The van der Waals surface area contributed by atoms with Crippen LogP contribution in [-0.4, -0.2) is 22.4 Å². The Morgan fingerprint density at radius 2 is 1.94 bits per heavy atom. The molecule has 5 nitrogen and oxygen atoms in total. The second-order valence-electron chi connectivity index (χ2n) is 3.57. The smallest absolute Gasteiger partial charge is 0.335 e. The number of carbonyl (C=O) groups is 1. The zero-order valence-electron chi connectivity index (χ0n) is 9.41. The number of aliphatic imine (C=N–C) groups is 1. The van der Waals surface area contributed by atoms with Gasteiger partial charge in [-0.15, -0.1) is 0 Å². The Bertz CT molecular complexity index is 569. The lowest BCUT2D eigenvalue weighted by Gasteiger charge is -1.95. The van der Waals surface area contributed by atoms with Crippen LogP contribution < -0.4 is 0 Å². The molecule has 0 unspecified atom stereocenters. The van der Waals surface area contributed by atoms with Gasteiger partial charge in [-0.1, -0.05) is 0 Å². The fraction of sp³-hybridized carbons (Fsp3) is 0.0769. The van der Waals surface area contributed by atoms with Crippen LogP contribution in [0.25, 0.3) is 0 Å². The molecule has 2 N–H and O–H groups in total. The maximum absolute atomic E-state index is 10.7. The summed E-state index contributed by atoms with van der Waals surface area (Å²) in [5.74, 6) is 0.0307. The number of carboxylic acid groups (broad SMARTS) is 1. The van der Waals surface area contributed by atoms with Crippen molar-refractivity contribution in [3.05, 3.63) is 53.5 Å². The molecule has 1 aromatic carbocycles. The SMILES string of the molecule is O=C(O)c1ccc(/N=C/c2ccc(CO)o2)cc1. The zero-order chi connectivity index (χ0) is 13.0. The van der Waals surface area contributed by atoms with E-state index in [1.165, 1.54) is 18.3 Å². The van der Waals surface area contributed by atoms with Gasteiger partial charge in [0.1, 0.15) is 18.1 Å². The van der Waals surface area contributed by atoms with E-state index in [1.807, 2.05) is 0 Å². The molecule has 1 heterocycles. The second-order valence-corrected chi connectivity index (χ2v) is 3.57. The number of aliphatic hydroxyl groups excluding tert-OH is 1. The van der Waals surface area contributed by atoms with Gasteiger partial charge in [0.25, 0.3) is 0 Å². The van der Waals surface area contributed by atoms with Crippen molar-refractivity contribution in [3.8, 4) is 0 Å². The molecule has 0 aliphatic rings. The molecule has 2 rings (SSSR count). The van der Waals surface area contributed by atoms with Crippen LogP contribution in [0.15, 0.2) is 45.8 Å². The normalized spacial score (nSPS) is 10.9. The first kappa shape index (κ1) is 12.1. The van der Waals surface area contributed by atoms with Crippen molar-refractivity contribution in [2.75, 3.05) is 0 Å². The van der Waals surface area contributed by atoms with E-state index in [9.17, 15) is 4.79 Å². The minimum atomic E-state index is -0.968. The Hall–Kier alpha value is -2.40. The maximum atomic E-state index is 10.7. The number of carboxylic acids is 1. The molecule has 92 valence electrons. The molecular formula is C13H11NO4. The summed E-state index contributed by atoms with van der Waals surface area (Å²) in [6.07, 6.45) is 1.51. The van der Waals surface area contributed by atoms with Gasteiger partial charge in [0, 0.05) is 0 Å². The minimum absolute atomic E-state index is 0.152. The highest BCUT2D eigenvalue weighted by molar-refractivity contribution is 5.88. The minimum Gasteiger partial charge on any atom is -0.478 e. The van der Waals surface area contributed by atoms with E-state index in [0.717, 1.165) is 0 Å². The number of benzene rings is 1. The molecule has 0 spiro atoms. The molecule has 0 bridgehead atoms. The van der Waals surface area contributed by atoms with E-state index >= 15 is 0 Å². The Morgan fingerprint density at radius 1 is 1.22 bits per heavy atom. The number of aliphatic hydroxyl groups is 1. The molecule has 1 aromatic heterocycles. The lowest BCUT2D eigenvalue weighted by Crippen LogP contribution is -1.94. The van der Waals surface area contributed by atoms with Crippen molar-refractivity contribution in [1.29, 1.82) is 0 Å². The van der Waals surface area contributed by atoms with Gasteiger partial charge in [-0.2, -0.15) is 0 Å². The van der Waals surface area contributed by atoms with Crippen molar-refractivity contribution in [2.24, 2.45) is 4.99 Å². The van der Waals surface area contributed by atoms with Gasteiger partial charge in [0.05, 0.1) is 17.5 Å². The first-order valence-corrected chi connectivity index (χ1v) is 5.26. The van der Waals surface area contributed by atoms with E-state index in [2.05, 4.69) is 4.99 Å². The van der Waals surface area contributed by atoms with Gasteiger partial charge in [-0.25, -0.2) is 4.79 Å². The Labute approximate surface area is 103 Å². The molecule has 0 aliphatic carbocycles. The number of aromatic carboxylic acids is 1. The number of hydrogen-bond donors (Lipinski definition) is 2. The Morgan fingerprint density at radius 3 is 2.50 bits per heavy atom. The molecular weight excluding hydrogens is 234 g/mol. The first-order chi connectivity index (χ1) is 8.69. The van der Waals surface area contributed by atoms with Gasteiger partial charge in [-0.05, 0) is 36.4 Å². The molecule has 0 radical (unpaired) electrons. The first-order valence-electron chi connectivity index (χ1n) is 5.26. The molecule has 18 heavy (non-hydrogen) atoms. The molecule has 5 heteroatoms. The fourth-order valence-electron chi connectivity index (χ4n) is 1.38. The predicted octanol–water partition coefficient (Wildman–Crippen LogP) is 2.22. The van der Waals surface area contributed by atoms with E-state index in [-0.39, 0.29) is 12.2 Å². The molecule has 0 saturated carbocycles. The summed E-state index contributed by atoms with van der Waals surface area (Å²) in [5, 5.41) is 17.6. The lowest BCUT2D eigenvalue weighted by atomic mass is 10.2. The van der Waals surface area contributed by atoms with E-state index in [4.69, 9.17) is 14.6 Å². The highest BCUT2D eigenvalue weighted by Gasteiger charge is 2.01. The third-order valence-corrected chi connectivity index (χ3v) is 2.29. The van der Waals surface area contributed by atoms with Crippen LogP contribution in [-0.2, 0) is 6.61 Å². The standard InChI is InChI=1S/C13H11NO4/c15-8-12-6-5-11(18-12)7-14-10-3-1-9(2-4-10)13(16)17/h1-7,15H,8H2,(H,16,17)/b14-7+. The highest BCUT2D eigenvalue weighted by Crippen LogP contribution is 2.14. The lowest BCUT2D eigenvalue weighted by molar-refractivity contribution is 0.0697. The Balaban J connectivity index is 2.11. The van der Waals surface area contributed by atoms with Crippen molar-refractivity contribution in [2.45, 2.75) is 6.61 Å². The summed E-state index contributed by atoms with van der Waals surface area (Å²) in [4.78, 5) is 14.8. The van der Waals surface area contributed by atoms with Gasteiger partial charge in [0.2, 0.25) is 0 Å². The number of hydrogen-bond acceptors (Lipinski definition) is 4. The summed E-state index contributed by atoms with van der Waals surface area (Å²) < 4.78 is 5.22. The summed E-state index contributed by atoms with van der Waals surface area (Å²) in [6.45, 7) is -0.152. The van der Waals surface area contributed by atoms with Gasteiger partial charge >= 0.3 is 5.97 Å². The van der Waals surface area contributed by atoms with Crippen molar-refractivity contribution < 1.29 is 19.4 Å². The monoisotopic (exact) mass is 245 g/mol. The maximum Gasteiger partial charge on any atom is 0.335 e. The molecule has 0 fully saturated rings. The molecule has 2 aromatic rings. The van der Waals surface area contributed by atoms with E-state index in [1.54, 1.807) is 24.3 Å². The second kappa shape index (κ2) is 5.29. The third kappa shape index (κ3) is 2.83.